The number of primary amides is 1. The molecule has 0 radical (unpaired) electrons. The first-order valence-corrected chi connectivity index (χ1v) is 10.8. The third-order valence-corrected chi connectivity index (χ3v) is 5.68. The molecule has 1 atom stereocenters. The molecular weight excluding hydrogens is 402 g/mol. The molecule has 7 heteroatoms. The summed E-state index contributed by atoms with van der Waals surface area (Å²) < 4.78 is 6.18. The van der Waals surface area contributed by atoms with Gasteiger partial charge in [-0.25, -0.2) is 9.97 Å². The van der Waals surface area contributed by atoms with Gasteiger partial charge in [-0.05, 0) is 29.7 Å². The number of aromatic nitrogens is 2. The Labute approximate surface area is 188 Å². The molecule has 1 unspecified atom stereocenters. The average molecular weight is 432 g/mol. The van der Waals surface area contributed by atoms with Crippen LogP contribution in [0.25, 0.3) is 11.1 Å². The molecule has 0 spiro atoms. The van der Waals surface area contributed by atoms with E-state index in [1.165, 1.54) is 5.56 Å². The minimum absolute atomic E-state index is 0.187. The second-order valence-electron chi connectivity index (χ2n) is 8.20. The van der Waals surface area contributed by atoms with Gasteiger partial charge in [0.1, 0.15) is 6.10 Å². The summed E-state index contributed by atoms with van der Waals surface area (Å²) in [7, 11) is 3.83. The molecule has 2 N–H and O–H groups in total. The highest BCUT2D eigenvalue weighted by molar-refractivity contribution is 5.94. The van der Waals surface area contributed by atoms with Crippen LogP contribution >= 0.6 is 0 Å². The predicted molar refractivity (Wildman–Crippen MR) is 126 cm³/mol. The topological polar surface area (TPSA) is 84.6 Å². The van der Waals surface area contributed by atoms with Crippen molar-refractivity contribution in [2.45, 2.75) is 12.5 Å². The second kappa shape index (κ2) is 9.89. The molecule has 1 aliphatic heterocycles. The van der Waals surface area contributed by atoms with Crippen LogP contribution in [0.15, 0.2) is 60.8 Å². The van der Waals surface area contributed by atoms with Gasteiger partial charge in [-0.2, -0.15) is 0 Å². The van der Waals surface area contributed by atoms with Crippen LogP contribution in [0.2, 0.25) is 0 Å². The van der Waals surface area contributed by atoms with E-state index in [1.54, 1.807) is 12.1 Å². The first-order chi connectivity index (χ1) is 15.5. The predicted octanol–water partition coefficient (Wildman–Crippen LogP) is 2.92. The minimum Gasteiger partial charge on any atom is -0.369 e. The Bertz CT molecular complexity index is 1070. The van der Waals surface area contributed by atoms with Gasteiger partial charge in [0.25, 0.3) is 0 Å². The van der Waals surface area contributed by atoms with Crippen LogP contribution in [0.4, 0.5) is 5.95 Å². The van der Waals surface area contributed by atoms with Crippen LogP contribution in [0.1, 0.15) is 27.7 Å². The molecule has 1 amide bonds. The summed E-state index contributed by atoms with van der Waals surface area (Å²) in [6.45, 7) is 3.24. The Hall–Kier alpha value is -3.29. The smallest absolute Gasteiger partial charge is 0.248 e. The Kier molecular flexibility index (Phi) is 6.78. The van der Waals surface area contributed by atoms with Crippen molar-refractivity contribution in [3.8, 4) is 11.1 Å². The number of nitrogens with zero attached hydrogens (tertiary/aromatic N) is 4. The van der Waals surface area contributed by atoms with Crippen molar-refractivity contribution in [2.75, 3.05) is 45.2 Å². The molecule has 1 saturated heterocycles. The van der Waals surface area contributed by atoms with Crippen molar-refractivity contribution in [1.82, 2.24) is 14.9 Å². The van der Waals surface area contributed by atoms with Gasteiger partial charge in [0, 0.05) is 51.1 Å². The standard InChI is InChI=1S/C25H29N5O2/c1-29(2)25-27-16-21(19-9-6-10-20(15-19)24(26)31)23(28-25)22-17-30(13-14-32-22)12-11-18-7-4-3-5-8-18/h3-10,15-16,22H,11-14,17H2,1-2H3,(H2,26,31). The number of morpholine rings is 1. The Morgan fingerprint density at radius 1 is 1.19 bits per heavy atom. The number of hydrogen-bond donors (Lipinski definition) is 1. The fourth-order valence-electron chi connectivity index (χ4n) is 3.91. The molecule has 1 fully saturated rings. The van der Waals surface area contributed by atoms with E-state index >= 15 is 0 Å². The molecular formula is C25H29N5O2. The zero-order chi connectivity index (χ0) is 22.5. The maximum atomic E-state index is 11.7. The van der Waals surface area contributed by atoms with Crippen LogP contribution < -0.4 is 10.6 Å². The van der Waals surface area contributed by atoms with Crippen molar-refractivity contribution in [2.24, 2.45) is 5.73 Å². The summed E-state index contributed by atoms with van der Waals surface area (Å²) in [6.07, 6.45) is 2.62. The number of benzene rings is 2. The highest BCUT2D eigenvalue weighted by Crippen LogP contribution is 2.32. The number of amides is 1. The quantitative estimate of drug-likeness (QED) is 0.619. The van der Waals surface area contributed by atoms with E-state index in [-0.39, 0.29) is 6.10 Å². The maximum Gasteiger partial charge on any atom is 0.248 e. The summed E-state index contributed by atoms with van der Waals surface area (Å²) in [5, 5.41) is 0. The van der Waals surface area contributed by atoms with E-state index in [9.17, 15) is 4.79 Å². The normalized spacial score (nSPS) is 16.6. The van der Waals surface area contributed by atoms with Crippen LogP contribution in [-0.4, -0.2) is 61.1 Å². The number of anilines is 1. The van der Waals surface area contributed by atoms with Gasteiger partial charge in [-0.3, -0.25) is 9.69 Å². The van der Waals surface area contributed by atoms with E-state index in [4.69, 9.17) is 15.5 Å². The molecule has 4 rings (SSSR count). The van der Waals surface area contributed by atoms with Crippen LogP contribution in [-0.2, 0) is 11.2 Å². The van der Waals surface area contributed by atoms with Crippen molar-refractivity contribution >= 4 is 11.9 Å². The zero-order valence-electron chi connectivity index (χ0n) is 18.6. The van der Waals surface area contributed by atoms with Gasteiger partial charge in [0.2, 0.25) is 11.9 Å². The van der Waals surface area contributed by atoms with Gasteiger partial charge in [-0.15, -0.1) is 0 Å². The lowest BCUT2D eigenvalue weighted by Crippen LogP contribution is -2.40. The number of carbonyl (C=O) groups is 1. The molecule has 7 nitrogen and oxygen atoms in total. The number of nitrogens with two attached hydrogens (primary N) is 1. The van der Waals surface area contributed by atoms with Gasteiger partial charge in [-0.1, -0.05) is 42.5 Å². The molecule has 2 aromatic carbocycles. The summed E-state index contributed by atoms with van der Waals surface area (Å²) >= 11 is 0. The Balaban J connectivity index is 1.61. The average Bonchev–Trinajstić information content (AvgIpc) is 2.83. The number of rotatable bonds is 7. The monoisotopic (exact) mass is 431 g/mol. The van der Waals surface area contributed by atoms with Crippen molar-refractivity contribution in [1.29, 1.82) is 0 Å². The van der Waals surface area contributed by atoms with E-state index in [2.05, 4.69) is 34.1 Å². The number of ether oxygens (including phenoxy) is 1. The van der Waals surface area contributed by atoms with Gasteiger partial charge in [0.15, 0.2) is 0 Å². The molecule has 2 heterocycles. The van der Waals surface area contributed by atoms with Crippen molar-refractivity contribution in [3.63, 3.8) is 0 Å². The highest BCUT2D eigenvalue weighted by Gasteiger charge is 2.27. The second-order valence-corrected chi connectivity index (χ2v) is 8.20. The molecule has 166 valence electrons. The molecule has 1 aromatic heterocycles. The summed E-state index contributed by atoms with van der Waals surface area (Å²) in [4.78, 5) is 25.4. The fraction of sp³-hybridized carbons (Fsp3) is 0.320. The van der Waals surface area contributed by atoms with E-state index in [1.807, 2.05) is 43.4 Å². The zero-order valence-corrected chi connectivity index (χ0v) is 18.6. The molecule has 1 aliphatic rings. The van der Waals surface area contributed by atoms with Gasteiger partial charge < -0.3 is 15.4 Å². The summed E-state index contributed by atoms with van der Waals surface area (Å²) in [5.74, 6) is 0.167. The Morgan fingerprint density at radius 3 is 2.75 bits per heavy atom. The van der Waals surface area contributed by atoms with Crippen LogP contribution in [0, 0.1) is 0 Å². The van der Waals surface area contributed by atoms with Crippen LogP contribution in [0.3, 0.4) is 0 Å². The largest absolute Gasteiger partial charge is 0.369 e. The third kappa shape index (κ3) is 5.12. The fourth-order valence-corrected chi connectivity index (χ4v) is 3.91. The van der Waals surface area contributed by atoms with Crippen molar-refractivity contribution in [3.05, 3.63) is 77.6 Å². The lowest BCUT2D eigenvalue weighted by molar-refractivity contribution is -0.0313. The summed E-state index contributed by atoms with van der Waals surface area (Å²) in [6, 6.07) is 17.8. The van der Waals surface area contributed by atoms with Crippen LogP contribution in [0.5, 0.6) is 0 Å². The number of carbonyl (C=O) groups excluding carboxylic acids is 1. The SMILES string of the molecule is CN(C)c1ncc(-c2cccc(C(N)=O)c2)c(C2CN(CCc3ccccc3)CCO2)n1. The number of hydrogen-bond acceptors (Lipinski definition) is 6. The first kappa shape index (κ1) is 21.9. The van der Waals surface area contributed by atoms with E-state index in [0.717, 1.165) is 42.9 Å². The maximum absolute atomic E-state index is 11.7. The van der Waals surface area contributed by atoms with E-state index in [0.29, 0.717) is 18.1 Å². The third-order valence-electron chi connectivity index (χ3n) is 5.68. The first-order valence-electron chi connectivity index (χ1n) is 10.8. The minimum atomic E-state index is -0.458. The lowest BCUT2D eigenvalue weighted by atomic mass is 9.99. The molecule has 0 saturated carbocycles. The van der Waals surface area contributed by atoms with E-state index < -0.39 is 5.91 Å². The lowest BCUT2D eigenvalue weighted by Gasteiger charge is -2.33. The molecule has 0 bridgehead atoms. The van der Waals surface area contributed by atoms with Gasteiger partial charge >= 0.3 is 0 Å². The molecule has 0 aliphatic carbocycles. The molecule has 32 heavy (non-hydrogen) atoms. The molecule has 3 aromatic rings. The summed E-state index contributed by atoms with van der Waals surface area (Å²) in [5.41, 5.74) is 9.82. The van der Waals surface area contributed by atoms with Gasteiger partial charge in [0.05, 0.1) is 12.3 Å². The Morgan fingerprint density at radius 2 is 2.00 bits per heavy atom. The van der Waals surface area contributed by atoms with Crippen molar-refractivity contribution < 1.29 is 9.53 Å². The highest BCUT2D eigenvalue weighted by atomic mass is 16.5.